The molecule has 0 amide bonds. The van der Waals surface area contributed by atoms with Gasteiger partial charge in [-0.25, -0.2) is 8.42 Å². The first kappa shape index (κ1) is 16.5. The Morgan fingerprint density at radius 2 is 1.67 bits per heavy atom. The van der Waals surface area contributed by atoms with Crippen molar-refractivity contribution in [3.8, 4) is 0 Å². The Kier molecular flexibility index (Phi) is 5.09. The van der Waals surface area contributed by atoms with Crippen molar-refractivity contribution < 1.29 is 8.42 Å². The molecule has 3 nitrogen and oxygen atoms in total. The van der Waals surface area contributed by atoms with Crippen LogP contribution in [-0.4, -0.2) is 14.7 Å². The summed E-state index contributed by atoms with van der Waals surface area (Å²) in [6, 6.07) is 10.0. The van der Waals surface area contributed by atoms with Gasteiger partial charge in [0, 0.05) is 15.6 Å². The van der Waals surface area contributed by atoms with Crippen molar-refractivity contribution in [1.82, 2.24) is 0 Å². The van der Waals surface area contributed by atoms with Gasteiger partial charge < -0.3 is 0 Å². The second-order valence-corrected chi connectivity index (χ2v) is 7.71. The quantitative estimate of drug-likeness (QED) is 0.793. The van der Waals surface area contributed by atoms with Crippen LogP contribution in [-0.2, 0) is 10.0 Å². The zero-order chi connectivity index (χ0) is 15.6. The molecule has 0 aliphatic carbocycles. The van der Waals surface area contributed by atoms with E-state index in [2.05, 4.69) is 4.72 Å². The highest BCUT2D eigenvalue weighted by Gasteiger charge is 2.19. The maximum Gasteiger partial charge on any atom is 0.263 e. The number of halogens is 2. The Morgan fingerprint density at radius 3 is 2.24 bits per heavy atom. The molecule has 2 aromatic rings. The highest BCUT2D eigenvalue weighted by atomic mass is 35.5. The molecule has 0 bridgehead atoms. The van der Waals surface area contributed by atoms with Crippen LogP contribution in [0.1, 0.15) is 5.56 Å². The van der Waals surface area contributed by atoms with Crippen LogP contribution < -0.4 is 4.72 Å². The third-order valence-corrected chi connectivity index (χ3v) is 5.84. The van der Waals surface area contributed by atoms with E-state index in [0.717, 1.165) is 4.90 Å². The summed E-state index contributed by atoms with van der Waals surface area (Å²) in [4.78, 5) is 1.07. The van der Waals surface area contributed by atoms with Crippen molar-refractivity contribution >= 4 is 50.7 Å². The predicted molar refractivity (Wildman–Crippen MR) is 90.2 cm³/mol. The van der Waals surface area contributed by atoms with Gasteiger partial charge >= 0.3 is 0 Å². The second-order valence-electron chi connectivity index (χ2n) is 4.37. The Hall–Kier alpha value is -0.880. The molecular weight excluding hydrogens is 349 g/mol. The van der Waals surface area contributed by atoms with Crippen LogP contribution in [0.15, 0.2) is 46.2 Å². The Bertz CT molecular complexity index is 759. The van der Waals surface area contributed by atoms with E-state index in [0.29, 0.717) is 16.3 Å². The van der Waals surface area contributed by atoms with Gasteiger partial charge in [-0.2, -0.15) is 0 Å². The van der Waals surface area contributed by atoms with E-state index in [-0.39, 0.29) is 9.92 Å². The Labute approximate surface area is 138 Å². The third kappa shape index (κ3) is 3.86. The monoisotopic (exact) mass is 361 g/mol. The zero-order valence-electron chi connectivity index (χ0n) is 11.4. The number of thioether (sulfide) groups is 1. The summed E-state index contributed by atoms with van der Waals surface area (Å²) in [5.74, 6) is 0. The average molecular weight is 362 g/mol. The molecule has 0 unspecified atom stereocenters. The molecule has 1 N–H and O–H groups in total. The molecule has 7 heteroatoms. The van der Waals surface area contributed by atoms with Crippen LogP contribution in [0.2, 0.25) is 10.0 Å². The van der Waals surface area contributed by atoms with Crippen LogP contribution in [0, 0.1) is 6.92 Å². The summed E-state index contributed by atoms with van der Waals surface area (Å²) in [6.45, 7) is 1.73. The van der Waals surface area contributed by atoms with Gasteiger partial charge in [0.25, 0.3) is 10.0 Å². The first-order valence-corrected chi connectivity index (χ1v) is 9.42. The first-order valence-electron chi connectivity index (χ1n) is 5.96. The fourth-order valence-corrected chi connectivity index (χ4v) is 4.01. The summed E-state index contributed by atoms with van der Waals surface area (Å²) in [5.41, 5.74) is 1.13. The molecule has 0 spiro atoms. The highest BCUT2D eigenvalue weighted by molar-refractivity contribution is 7.98. The molecule has 0 saturated heterocycles. The summed E-state index contributed by atoms with van der Waals surface area (Å²) in [7, 11) is -3.75. The molecule has 0 fully saturated rings. The largest absolute Gasteiger partial charge is 0.280 e. The average Bonchev–Trinajstić information content (AvgIpc) is 2.43. The van der Waals surface area contributed by atoms with E-state index in [1.165, 1.54) is 12.1 Å². The molecule has 0 radical (unpaired) electrons. The van der Waals surface area contributed by atoms with Crippen molar-refractivity contribution in [3.05, 3.63) is 52.0 Å². The van der Waals surface area contributed by atoms with Gasteiger partial charge in [-0.3, -0.25) is 4.72 Å². The van der Waals surface area contributed by atoms with Gasteiger partial charge in [0.15, 0.2) is 0 Å². The van der Waals surface area contributed by atoms with E-state index >= 15 is 0 Å². The van der Waals surface area contributed by atoms with Crippen molar-refractivity contribution in [2.45, 2.75) is 16.7 Å². The Morgan fingerprint density at radius 1 is 1.05 bits per heavy atom. The van der Waals surface area contributed by atoms with Crippen LogP contribution in [0.3, 0.4) is 0 Å². The Balaban J connectivity index is 2.35. The normalized spacial score (nSPS) is 11.4. The minimum absolute atomic E-state index is 0.0139. The van der Waals surface area contributed by atoms with E-state index in [1.807, 2.05) is 18.4 Å². The molecule has 0 saturated carbocycles. The standard InChI is InChI=1S/C14H13Cl2NO2S2/c1-9-7-14(13(16)8-12(9)15)21(18,19)17-10-3-5-11(20-2)6-4-10/h3-8,17H,1-2H3. The van der Waals surface area contributed by atoms with Crippen LogP contribution in [0.5, 0.6) is 0 Å². The number of rotatable bonds is 4. The van der Waals surface area contributed by atoms with E-state index in [1.54, 1.807) is 30.8 Å². The number of nitrogens with one attached hydrogen (secondary N) is 1. The summed E-state index contributed by atoms with van der Waals surface area (Å²) < 4.78 is 27.3. The van der Waals surface area contributed by atoms with Gasteiger partial charge in [0.2, 0.25) is 0 Å². The topological polar surface area (TPSA) is 46.2 Å². The molecule has 2 rings (SSSR count). The third-order valence-electron chi connectivity index (χ3n) is 2.84. The molecule has 0 heterocycles. The van der Waals surface area contributed by atoms with Crippen LogP contribution in [0.4, 0.5) is 5.69 Å². The lowest BCUT2D eigenvalue weighted by molar-refractivity contribution is 0.601. The van der Waals surface area contributed by atoms with E-state index < -0.39 is 10.0 Å². The van der Waals surface area contributed by atoms with Gasteiger partial charge in [0.05, 0.1) is 5.02 Å². The lowest BCUT2D eigenvalue weighted by atomic mass is 10.2. The summed E-state index contributed by atoms with van der Waals surface area (Å²) in [6.07, 6.45) is 1.95. The first-order chi connectivity index (χ1) is 9.83. The number of hydrogen-bond acceptors (Lipinski definition) is 3. The molecule has 2 aromatic carbocycles. The zero-order valence-corrected chi connectivity index (χ0v) is 14.5. The lowest BCUT2D eigenvalue weighted by Crippen LogP contribution is -2.13. The summed E-state index contributed by atoms with van der Waals surface area (Å²) >= 11 is 13.5. The molecular formula is C14H13Cl2NO2S2. The minimum atomic E-state index is -3.75. The smallest absolute Gasteiger partial charge is 0.263 e. The number of hydrogen-bond donors (Lipinski definition) is 1. The van der Waals surface area contributed by atoms with E-state index in [4.69, 9.17) is 23.2 Å². The van der Waals surface area contributed by atoms with Crippen LogP contribution >= 0.6 is 35.0 Å². The van der Waals surface area contributed by atoms with Gasteiger partial charge in [-0.1, -0.05) is 23.2 Å². The van der Waals surface area contributed by atoms with Crippen LogP contribution in [0.25, 0.3) is 0 Å². The fraction of sp³-hybridized carbons (Fsp3) is 0.143. The lowest BCUT2D eigenvalue weighted by Gasteiger charge is -2.11. The second kappa shape index (κ2) is 6.48. The molecule has 0 aliphatic rings. The number of aryl methyl sites for hydroxylation is 1. The molecule has 21 heavy (non-hydrogen) atoms. The van der Waals surface area contributed by atoms with Gasteiger partial charge in [0.1, 0.15) is 4.90 Å². The van der Waals surface area contributed by atoms with Crippen molar-refractivity contribution in [2.75, 3.05) is 11.0 Å². The molecule has 0 aliphatic heterocycles. The number of anilines is 1. The molecule has 112 valence electrons. The maximum atomic E-state index is 12.4. The molecule has 0 aromatic heterocycles. The van der Waals surface area contributed by atoms with Gasteiger partial charge in [-0.15, -0.1) is 11.8 Å². The molecule has 0 atom stereocenters. The van der Waals surface area contributed by atoms with Crippen molar-refractivity contribution in [1.29, 1.82) is 0 Å². The fourth-order valence-electron chi connectivity index (χ4n) is 1.71. The van der Waals surface area contributed by atoms with E-state index in [9.17, 15) is 8.42 Å². The SMILES string of the molecule is CSc1ccc(NS(=O)(=O)c2cc(C)c(Cl)cc2Cl)cc1. The summed E-state index contributed by atoms with van der Waals surface area (Å²) in [5, 5.41) is 0.530. The predicted octanol–water partition coefficient (Wildman–Crippen LogP) is 4.82. The number of sulfonamides is 1. The van der Waals surface area contributed by atoms with Crippen molar-refractivity contribution in [3.63, 3.8) is 0 Å². The minimum Gasteiger partial charge on any atom is -0.280 e. The maximum absolute atomic E-state index is 12.4. The van der Waals surface area contributed by atoms with Gasteiger partial charge in [-0.05, 0) is 55.1 Å². The van der Waals surface area contributed by atoms with Crippen molar-refractivity contribution in [2.24, 2.45) is 0 Å². The highest BCUT2D eigenvalue weighted by Crippen LogP contribution is 2.29. The number of benzene rings is 2.